The number of thiophene rings is 1. The summed E-state index contributed by atoms with van der Waals surface area (Å²) in [5.74, 6) is 0.480. The lowest BCUT2D eigenvalue weighted by Gasteiger charge is -2.29. The van der Waals surface area contributed by atoms with Crippen LogP contribution in [0.1, 0.15) is 28.8 Å². The molecule has 2 aromatic carbocycles. The maximum Gasteiger partial charge on any atom is 0.270 e. The van der Waals surface area contributed by atoms with Crippen molar-refractivity contribution in [2.45, 2.75) is 25.7 Å². The number of thiocarbonyl (C=S) groups is 1. The second-order valence-electron chi connectivity index (χ2n) is 7.68. The Hall–Kier alpha value is -3.29. The number of nitrogens with one attached hydrogen (secondary N) is 1. The number of hydrogen-bond acceptors (Lipinski definition) is 5. The fourth-order valence-corrected chi connectivity index (χ4v) is 5.35. The van der Waals surface area contributed by atoms with E-state index in [9.17, 15) is 9.59 Å². The van der Waals surface area contributed by atoms with Gasteiger partial charge in [-0.15, -0.1) is 11.3 Å². The van der Waals surface area contributed by atoms with Crippen molar-refractivity contribution < 1.29 is 14.3 Å². The van der Waals surface area contributed by atoms with E-state index in [2.05, 4.69) is 10.7 Å². The number of ether oxygens (including phenoxy) is 1. The summed E-state index contributed by atoms with van der Waals surface area (Å²) in [5, 5.41) is 4.87. The van der Waals surface area contributed by atoms with E-state index >= 15 is 0 Å². The number of hydrogen-bond donors (Lipinski definition) is 1. The first-order chi connectivity index (χ1) is 15.6. The molecule has 0 atom stereocenters. The first-order valence-corrected chi connectivity index (χ1v) is 11.7. The third-order valence-corrected chi connectivity index (χ3v) is 6.89. The number of anilines is 1. The molecule has 1 aliphatic carbocycles. The van der Waals surface area contributed by atoms with Crippen LogP contribution in [0, 0.1) is 0 Å². The molecule has 1 N–H and O–H groups in total. The van der Waals surface area contributed by atoms with Crippen molar-refractivity contribution in [2.75, 3.05) is 4.90 Å². The first kappa shape index (κ1) is 20.6. The zero-order valence-corrected chi connectivity index (χ0v) is 18.8. The van der Waals surface area contributed by atoms with Gasteiger partial charge >= 0.3 is 0 Å². The minimum Gasteiger partial charge on any atom is -0.457 e. The van der Waals surface area contributed by atoms with Gasteiger partial charge in [-0.3, -0.25) is 19.8 Å². The molecule has 3 aromatic rings. The van der Waals surface area contributed by atoms with Crippen LogP contribution in [-0.4, -0.2) is 16.9 Å². The number of amides is 2. The van der Waals surface area contributed by atoms with E-state index in [0.29, 0.717) is 11.4 Å². The maximum atomic E-state index is 13.3. The van der Waals surface area contributed by atoms with Gasteiger partial charge in [-0.1, -0.05) is 18.2 Å². The summed E-state index contributed by atoms with van der Waals surface area (Å²) in [4.78, 5) is 28.3. The monoisotopic (exact) mass is 460 g/mol. The van der Waals surface area contributed by atoms with Crippen molar-refractivity contribution in [3.8, 4) is 11.5 Å². The van der Waals surface area contributed by atoms with Gasteiger partial charge in [0.1, 0.15) is 17.1 Å². The van der Waals surface area contributed by atoms with Crippen LogP contribution in [0.3, 0.4) is 0 Å². The van der Waals surface area contributed by atoms with Gasteiger partial charge in [0, 0.05) is 4.88 Å². The zero-order chi connectivity index (χ0) is 22.1. The molecule has 1 fully saturated rings. The van der Waals surface area contributed by atoms with Crippen LogP contribution in [0.25, 0.3) is 6.08 Å². The Morgan fingerprint density at radius 3 is 2.47 bits per heavy atom. The molecule has 1 saturated heterocycles. The molecule has 0 bridgehead atoms. The van der Waals surface area contributed by atoms with Gasteiger partial charge in [0.2, 0.25) is 0 Å². The highest BCUT2D eigenvalue weighted by Gasteiger charge is 2.35. The second kappa shape index (κ2) is 8.68. The molecule has 7 heteroatoms. The van der Waals surface area contributed by atoms with E-state index in [0.717, 1.165) is 29.9 Å². The number of para-hydroxylation sites is 1. The van der Waals surface area contributed by atoms with Gasteiger partial charge in [0.15, 0.2) is 5.11 Å². The Morgan fingerprint density at radius 2 is 1.69 bits per heavy atom. The van der Waals surface area contributed by atoms with Crippen LogP contribution in [0.2, 0.25) is 0 Å². The van der Waals surface area contributed by atoms with Crippen molar-refractivity contribution in [1.29, 1.82) is 0 Å². The molecule has 2 amide bonds. The quantitative estimate of drug-likeness (QED) is 0.328. The average Bonchev–Trinajstić information content (AvgIpc) is 3.21. The average molecular weight is 461 g/mol. The van der Waals surface area contributed by atoms with Crippen LogP contribution in [0.4, 0.5) is 5.69 Å². The normalized spacial score (nSPS) is 17.3. The van der Waals surface area contributed by atoms with Gasteiger partial charge in [0.05, 0.1) is 5.69 Å². The summed E-state index contributed by atoms with van der Waals surface area (Å²) in [6, 6.07) is 16.5. The molecule has 1 aliphatic heterocycles. The standard InChI is InChI=1S/C25H20N2O3S2/c28-23-21(14-22-20-9-5-4-6-16(20)15-32-22)24(29)27(25(31)26-23)17-10-12-19(13-11-17)30-18-7-2-1-3-8-18/h1-3,7-8,10-15H,4-6,9H2,(H,26,28,31)/b21-14+. The fraction of sp³-hybridized carbons (Fsp3) is 0.160. The number of rotatable bonds is 4. The fourth-order valence-electron chi connectivity index (χ4n) is 3.98. The van der Waals surface area contributed by atoms with Gasteiger partial charge in [-0.25, -0.2) is 0 Å². The van der Waals surface area contributed by atoms with Crippen LogP contribution >= 0.6 is 23.6 Å². The minimum atomic E-state index is -0.460. The maximum absolute atomic E-state index is 13.3. The van der Waals surface area contributed by atoms with E-state index in [1.807, 2.05) is 30.3 Å². The lowest BCUT2D eigenvalue weighted by atomic mass is 9.93. The van der Waals surface area contributed by atoms with Crippen LogP contribution in [0.5, 0.6) is 11.5 Å². The molecule has 0 spiro atoms. The van der Waals surface area contributed by atoms with E-state index in [4.69, 9.17) is 17.0 Å². The van der Waals surface area contributed by atoms with Gasteiger partial charge < -0.3 is 4.74 Å². The Balaban J connectivity index is 1.42. The minimum absolute atomic E-state index is 0.0714. The Bertz CT molecular complexity index is 1230. The summed E-state index contributed by atoms with van der Waals surface area (Å²) < 4.78 is 5.82. The number of carbonyl (C=O) groups excluding carboxylic acids is 2. The predicted octanol–water partition coefficient (Wildman–Crippen LogP) is 5.25. The molecular weight excluding hydrogens is 440 g/mol. The molecule has 5 rings (SSSR count). The number of nitrogens with zero attached hydrogens (tertiary/aromatic N) is 1. The number of benzene rings is 2. The highest BCUT2D eigenvalue weighted by atomic mass is 32.1. The molecular formula is C25H20N2O3S2. The number of fused-ring (bicyclic) bond motifs is 1. The summed E-state index contributed by atoms with van der Waals surface area (Å²) >= 11 is 6.90. The van der Waals surface area contributed by atoms with Crippen LogP contribution in [0.15, 0.2) is 65.6 Å². The van der Waals surface area contributed by atoms with Crippen LogP contribution < -0.4 is 15.0 Å². The molecule has 160 valence electrons. The van der Waals surface area contributed by atoms with Gasteiger partial charge in [0.25, 0.3) is 11.8 Å². The smallest absolute Gasteiger partial charge is 0.270 e. The number of carbonyl (C=O) groups is 2. The molecule has 5 nitrogen and oxygen atoms in total. The SMILES string of the molecule is O=C1NC(=S)N(c2ccc(Oc3ccccc3)cc2)C(=O)/C1=C/c1scc2c1CCCC2. The highest BCUT2D eigenvalue weighted by molar-refractivity contribution is 7.80. The zero-order valence-electron chi connectivity index (χ0n) is 17.2. The van der Waals surface area contributed by atoms with Crippen molar-refractivity contribution >= 4 is 52.2 Å². The van der Waals surface area contributed by atoms with E-state index in [-0.39, 0.29) is 10.7 Å². The molecule has 2 aliphatic rings. The van der Waals surface area contributed by atoms with Crippen molar-refractivity contribution in [1.82, 2.24) is 5.32 Å². The van der Waals surface area contributed by atoms with E-state index in [1.165, 1.54) is 22.4 Å². The largest absolute Gasteiger partial charge is 0.457 e. The van der Waals surface area contributed by atoms with Crippen molar-refractivity contribution in [3.05, 3.63) is 81.6 Å². The van der Waals surface area contributed by atoms with E-state index < -0.39 is 11.8 Å². The van der Waals surface area contributed by atoms with Crippen molar-refractivity contribution in [3.63, 3.8) is 0 Å². The summed E-state index contributed by atoms with van der Waals surface area (Å²) in [7, 11) is 0. The lowest BCUT2D eigenvalue weighted by Crippen LogP contribution is -2.54. The Labute approximate surface area is 195 Å². The molecule has 1 aromatic heterocycles. The lowest BCUT2D eigenvalue weighted by molar-refractivity contribution is -0.122. The molecule has 2 heterocycles. The molecule has 0 unspecified atom stereocenters. The Kier molecular flexibility index (Phi) is 5.59. The third kappa shape index (κ3) is 3.97. The summed E-state index contributed by atoms with van der Waals surface area (Å²) in [6.07, 6.45) is 6.08. The highest BCUT2D eigenvalue weighted by Crippen LogP contribution is 2.33. The van der Waals surface area contributed by atoms with Crippen molar-refractivity contribution in [2.24, 2.45) is 0 Å². The topological polar surface area (TPSA) is 58.6 Å². The second-order valence-corrected chi connectivity index (χ2v) is 8.98. The summed E-state index contributed by atoms with van der Waals surface area (Å²) in [5.41, 5.74) is 3.26. The molecule has 0 saturated carbocycles. The van der Waals surface area contributed by atoms with Gasteiger partial charge in [-0.2, -0.15) is 0 Å². The molecule has 0 radical (unpaired) electrons. The third-order valence-electron chi connectivity index (χ3n) is 5.59. The molecule has 32 heavy (non-hydrogen) atoms. The van der Waals surface area contributed by atoms with Gasteiger partial charge in [-0.05, 0) is 96.9 Å². The van der Waals surface area contributed by atoms with Crippen LogP contribution in [-0.2, 0) is 22.4 Å². The summed E-state index contributed by atoms with van der Waals surface area (Å²) in [6.45, 7) is 0. The first-order valence-electron chi connectivity index (χ1n) is 10.4. The number of aryl methyl sites for hydroxylation is 1. The van der Waals surface area contributed by atoms with E-state index in [1.54, 1.807) is 41.7 Å². The Morgan fingerprint density at radius 1 is 0.969 bits per heavy atom. The predicted molar refractivity (Wildman–Crippen MR) is 130 cm³/mol.